The van der Waals surface area contributed by atoms with Crippen LogP contribution in [0.4, 0.5) is 0 Å². The van der Waals surface area contributed by atoms with Gasteiger partial charge in [0.15, 0.2) is 0 Å². The Morgan fingerprint density at radius 3 is 2.71 bits per heavy atom. The molecule has 0 saturated heterocycles. The summed E-state index contributed by atoms with van der Waals surface area (Å²) >= 11 is 0. The Hall–Kier alpha value is -1.67. The summed E-state index contributed by atoms with van der Waals surface area (Å²) in [4.78, 5) is 2.29. The van der Waals surface area contributed by atoms with E-state index in [1.165, 1.54) is 5.57 Å². The topological polar surface area (TPSA) is 66.0 Å². The lowest BCUT2D eigenvalue weighted by Gasteiger charge is -2.38. The standard InChI is InChI=1S/C19H30N4O/c1-13(2)18-10-16(11-19-22-21-15(4)24-19)14(3)9-17(18)12-23(5)8-6-7-20/h9,13,16-18H,6,8,10-12H2,1-5H3/t16-,17+,18+/m1/s1. The molecule has 1 aromatic rings. The van der Waals surface area contributed by atoms with Crippen LogP contribution in [0, 0.1) is 41.9 Å². The molecular weight excluding hydrogens is 300 g/mol. The van der Waals surface area contributed by atoms with Crippen molar-refractivity contribution in [2.75, 3.05) is 20.1 Å². The van der Waals surface area contributed by atoms with Gasteiger partial charge in [-0.25, -0.2) is 0 Å². The summed E-state index contributed by atoms with van der Waals surface area (Å²) in [5.74, 6) is 3.70. The van der Waals surface area contributed by atoms with Gasteiger partial charge in [-0.1, -0.05) is 25.5 Å². The molecule has 5 heteroatoms. The number of allylic oxidation sites excluding steroid dienone is 1. The smallest absolute Gasteiger partial charge is 0.217 e. The summed E-state index contributed by atoms with van der Waals surface area (Å²) in [6.07, 6.45) is 5.05. The van der Waals surface area contributed by atoms with Crippen molar-refractivity contribution in [3.05, 3.63) is 23.4 Å². The first-order chi connectivity index (χ1) is 11.4. The summed E-state index contributed by atoms with van der Waals surface area (Å²) < 4.78 is 5.58. The average Bonchev–Trinajstić information content (AvgIpc) is 2.92. The van der Waals surface area contributed by atoms with Crippen LogP contribution in [0.2, 0.25) is 0 Å². The number of nitrogens with zero attached hydrogens (tertiary/aromatic N) is 4. The van der Waals surface area contributed by atoms with Crippen LogP contribution in [-0.2, 0) is 6.42 Å². The zero-order valence-electron chi connectivity index (χ0n) is 15.6. The Morgan fingerprint density at radius 1 is 1.38 bits per heavy atom. The van der Waals surface area contributed by atoms with E-state index >= 15 is 0 Å². The fraction of sp³-hybridized carbons (Fsp3) is 0.737. The molecule has 1 aliphatic rings. The fourth-order valence-electron chi connectivity index (χ4n) is 3.81. The Morgan fingerprint density at radius 2 is 2.12 bits per heavy atom. The van der Waals surface area contributed by atoms with Crippen molar-refractivity contribution < 1.29 is 4.42 Å². The van der Waals surface area contributed by atoms with Gasteiger partial charge >= 0.3 is 0 Å². The quantitative estimate of drug-likeness (QED) is 0.714. The third-order valence-corrected chi connectivity index (χ3v) is 5.20. The van der Waals surface area contributed by atoms with Gasteiger partial charge in [0.05, 0.1) is 6.07 Å². The van der Waals surface area contributed by atoms with Gasteiger partial charge in [-0.2, -0.15) is 5.26 Å². The highest BCUT2D eigenvalue weighted by molar-refractivity contribution is 5.14. The molecule has 0 unspecified atom stereocenters. The maximum absolute atomic E-state index is 8.77. The van der Waals surface area contributed by atoms with Crippen molar-refractivity contribution in [2.45, 2.75) is 47.0 Å². The summed E-state index contributed by atoms with van der Waals surface area (Å²) in [6.45, 7) is 10.6. The first-order valence-corrected chi connectivity index (χ1v) is 8.93. The second kappa shape index (κ2) is 8.43. The van der Waals surface area contributed by atoms with Crippen molar-refractivity contribution in [2.24, 2.45) is 23.7 Å². The molecule has 0 aliphatic heterocycles. The van der Waals surface area contributed by atoms with Crippen LogP contribution in [0.5, 0.6) is 0 Å². The predicted octanol–water partition coefficient (Wildman–Crippen LogP) is 3.62. The number of aryl methyl sites for hydroxylation is 1. The van der Waals surface area contributed by atoms with Crippen LogP contribution in [0.15, 0.2) is 16.1 Å². The molecule has 0 fully saturated rings. The number of nitriles is 1. The number of hydrogen-bond acceptors (Lipinski definition) is 5. The molecule has 1 aromatic heterocycles. The Labute approximate surface area is 145 Å². The summed E-state index contributed by atoms with van der Waals surface area (Å²) in [6, 6.07) is 2.23. The lowest BCUT2D eigenvalue weighted by Crippen LogP contribution is -2.36. The fourth-order valence-corrected chi connectivity index (χ4v) is 3.81. The van der Waals surface area contributed by atoms with E-state index in [9.17, 15) is 0 Å². The third kappa shape index (κ3) is 4.91. The SMILES string of the molecule is CC1=C[C@@H](CN(C)CCC#N)[C@H](C(C)C)C[C@@H]1Cc1nnc(C)o1. The summed E-state index contributed by atoms with van der Waals surface area (Å²) in [5.41, 5.74) is 1.43. The normalized spacial score (nSPS) is 24.2. The molecule has 2 rings (SSSR count). The van der Waals surface area contributed by atoms with Crippen molar-refractivity contribution in [3.8, 4) is 6.07 Å². The van der Waals surface area contributed by atoms with Crippen molar-refractivity contribution in [3.63, 3.8) is 0 Å². The van der Waals surface area contributed by atoms with E-state index in [1.807, 2.05) is 6.92 Å². The first kappa shape index (κ1) is 18.7. The highest BCUT2D eigenvalue weighted by Crippen LogP contribution is 2.39. The molecule has 0 saturated carbocycles. The lowest BCUT2D eigenvalue weighted by atomic mass is 9.69. The number of hydrogen-bond donors (Lipinski definition) is 0. The molecule has 3 atom stereocenters. The van der Waals surface area contributed by atoms with E-state index in [0.717, 1.165) is 31.8 Å². The second-order valence-corrected chi connectivity index (χ2v) is 7.50. The van der Waals surface area contributed by atoms with Crippen LogP contribution in [0.1, 0.15) is 45.4 Å². The van der Waals surface area contributed by atoms with Crippen LogP contribution in [-0.4, -0.2) is 35.2 Å². The van der Waals surface area contributed by atoms with Crippen LogP contribution in [0.3, 0.4) is 0 Å². The molecule has 0 aromatic carbocycles. The minimum atomic E-state index is 0.484. The van der Waals surface area contributed by atoms with Gasteiger partial charge in [-0.15, -0.1) is 10.2 Å². The second-order valence-electron chi connectivity index (χ2n) is 7.50. The van der Waals surface area contributed by atoms with Gasteiger partial charge in [0.1, 0.15) is 0 Å². The zero-order chi connectivity index (χ0) is 17.7. The number of rotatable bonds is 7. The van der Waals surface area contributed by atoms with Crippen molar-refractivity contribution >= 4 is 0 Å². The first-order valence-electron chi connectivity index (χ1n) is 8.93. The Kier molecular flexibility index (Phi) is 6.56. The van der Waals surface area contributed by atoms with Gasteiger partial charge in [0, 0.05) is 32.9 Å². The molecule has 0 spiro atoms. The Balaban J connectivity index is 2.07. The minimum Gasteiger partial charge on any atom is -0.426 e. The van der Waals surface area contributed by atoms with E-state index < -0.39 is 0 Å². The third-order valence-electron chi connectivity index (χ3n) is 5.20. The molecule has 0 N–H and O–H groups in total. The lowest BCUT2D eigenvalue weighted by molar-refractivity contribution is 0.177. The van der Waals surface area contributed by atoms with E-state index in [1.54, 1.807) is 0 Å². The van der Waals surface area contributed by atoms with Gasteiger partial charge in [0.2, 0.25) is 11.8 Å². The molecule has 0 bridgehead atoms. The molecule has 0 radical (unpaired) electrons. The monoisotopic (exact) mass is 330 g/mol. The molecule has 0 amide bonds. The van der Waals surface area contributed by atoms with Crippen LogP contribution >= 0.6 is 0 Å². The molecule has 1 heterocycles. The molecule has 1 aliphatic carbocycles. The molecular formula is C19H30N4O. The van der Waals surface area contributed by atoms with Gasteiger partial charge < -0.3 is 9.32 Å². The van der Waals surface area contributed by atoms with Crippen molar-refractivity contribution in [1.29, 1.82) is 5.26 Å². The summed E-state index contributed by atoms with van der Waals surface area (Å²) in [7, 11) is 2.12. The van der Waals surface area contributed by atoms with E-state index in [0.29, 0.717) is 36.0 Å². The maximum Gasteiger partial charge on any atom is 0.217 e. The highest BCUT2D eigenvalue weighted by Gasteiger charge is 2.32. The summed E-state index contributed by atoms with van der Waals surface area (Å²) in [5, 5.41) is 16.9. The predicted molar refractivity (Wildman–Crippen MR) is 94.1 cm³/mol. The average molecular weight is 330 g/mol. The van der Waals surface area contributed by atoms with E-state index in [-0.39, 0.29) is 0 Å². The van der Waals surface area contributed by atoms with Gasteiger partial charge in [-0.05, 0) is 44.1 Å². The highest BCUT2D eigenvalue weighted by atomic mass is 16.4. The Bertz CT molecular complexity index is 599. The number of aromatic nitrogens is 2. The molecule has 132 valence electrons. The largest absolute Gasteiger partial charge is 0.426 e. The van der Waals surface area contributed by atoms with Gasteiger partial charge in [0.25, 0.3) is 0 Å². The van der Waals surface area contributed by atoms with E-state index in [4.69, 9.17) is 9.68 Å². The maximum atomic E-state index is 8.77. The van der Waals surface area contributed by atoms with Gasteiger partial charge in [-0.3, -0.25) is 0 Å². The zero-order valence-corrected chi connectivity index (χ0v) is 15.6. The molecule has 24 heavy (non-hydrogen) atoms. The van der Waals surface area contributed by atoms with E-state index in [2.05, 4.69) is 55.1 Å². The minimum absolute atomic E-state index is 0.484. The molecule has 5 nitrogen and oxygen atoms in total. The van der Waals surface area contributed by atoms with Crippen LogP contribution in [0.25, 0.3) is 0 Å². The van der Waals surface area contributed by atoms with Crippen LogP contribution < -0.4 is 0 Å². The van der Waals surface area contributed by atoms with Crippen molar-refractivity contribution in [1.82, 2.24) is 15.1 Å².